The monoisotopic (exact) mass is 402 g/mol. The van der Waals surface area contributed by atoms with E-state index in [2.05, 4.69) is 5.10 Å². The molecule has 2 aliphatic rings. The van der Waals surface area contributed by atoms with Gasteiger partial charge in [-0.3, -0.25) is 4.68 Å². The van der Waals surface area contributed by atoms with E-state index in [1.165, 1.54) is 0 Å². The van der Waals surface area contributed by atoms with Crippen molar-refractivity contribution in [2.75, 3.05) is 0 Å². The highest BCUT2D eigenvalue weighted by atomic mass is 35.5. The van der Waals surface area contributed by atoms with Crippen LogP contribution in [0.4, 0.5) is 0 Å². The Balaban J connectivity index is 1.30. The maximum atomic E-state index is 11.4. The van der Waals surface area contributed by atoms with Gasteiger partial charge in [-0.25, -0.2) is 4.79 Å². The molecule has 1 aromatic heterocycles. The lowest BCUT2D eigenvalue weighted by atomic mass is 9.85. The zero-order valence-electron chi connectivity index (χ0n) is 16.3. The summed E-state index contributed by atoms with van der Waals surface area (Å²) in [5, 5.41) is 14.4. The number of benzene rings is 1. The first kappa shape index (κ1) is 19.3. The van der Waals surface area contributed by atoms with Gasteiger partial charge in [0.05, 0.1) is 11.1 Å². The summed E-state index contributed by atoms with van der Waals surface area (Å²) in [4.78, 5) is 11.4. The van der Waals surface area contributed by atoms with Gasteiger partial charge in [-0.1, -0.05) is 17.7 Å². The fourth-order valence-corrected chi connectivity index (χ4v) is 4.75. The van der Waals surface area contributed by atoms with E-state index in [9.17, 15) is 9.90 Å². The molecule has 0 saturated heterocycles. The van der Waals surface area contributed by atoms with E-state index in [0.29, 0.717) is 10.9 Å². The molecule has 0 spiro atoms. The molecular formula is C22H27ClN2O3. The summed E-state index contributed by atoms with van der Waals surface area (Å²) in [7, 11) is 0. The molecule has 0 aliphatic heterocycles. The van der Waals surface area contributed by atoms with Crippen LogP contribution >= 0.6 is 11.6 Å². The number of aromatic nitrogens is 2. The van der Waals surface area contributed by atoms with Gasteiger partial charge in [0.15, 0.2) is 5.69 Å². The predicted octanol–water partition coefficient (Wildman–Crippen LogP) is 5.06. The zero-order chi connectivity index (χ0) is 19.7. The van der Waals surface area contributed by atoms with Crippen LogP contribution in [0.2, 0.25) is 5.02 Å². The van der Waals surface area contributed by atoms with E-state index >= 15 is 0 Å². The molecule has 0 atom stereocenters. The van der Waals surface area contributed by atoms with E-state index in [1.807, 2.05) is 29.8 Å². The highest BCUT2D eigenvalue weighted by molar-refractivity contribution is 6.32. The minimum absolute atomic E-state index is 0.225. The molecule has 0 amide bonds. The molecule has 0 radical (unpaired) electrons. The Morgan fingerprint density at radius 1 is 1.29 bits per heavy atom. The number of nitrogens with zero attached hydrogens (tertiary/aromatic N) is 2. The number of carboxylic acids is 1. The van der Waals surface area contributed by atoms with Gasteiger partial charge in [-0.05, 0) is 81.9 Å². The second-order valence-corrected chi connectivity index (χ2v) is 8.55. The lowest BCUT2D eigenvalue weighted by molar-refractivity contribution is 0.0688. The predicted molar refractivity (Wildman–Crippen MR) is 108 cm³/mol. The number of aryl methyl sites for hydroxylation is 2. The van der Waals surface area contributed by atoms with Gasteiger partial charge in [0.1, 0.15) is 5.75 Å². The van der Waals surface area contributed by atoms with Gasteiger partial charge in [0.2, 0.25) is 0 Å². The Morgan fingerprint density at radius 3 is 2.82 bits per heavy atom. The fourth-order valence-electron chi connectivity index (χ4n) is 4.59. The van der Waals surface area contributed by atoms with Gasteiger partial charge in [-0.15, -0.1) is 0 Å². The molecular weight excluding hydrogens is 376 g/mol. The summed E-state index contributed by atoms with van der Waals surface area (Å²) in [5.74, 6) is 0.533. The Hall–Kier alpha value is -2.01. The summed E-state index contributed by atoms with van der Waals surface area (Å²) in [6, 6.07) is 5.90. The number of carbonyl (C=O) groups is 1. The average Bonchev–Trinajstić information content (AvgIpc) is 3.27. The quantitative estimate of drug-likeness (QED) is 0.733. The molecule has 1 aromatic carbocycles. The third-order valence-corrected chi connectivity index (χ3v) is 6.44. The molecule has 1 fully saturated rings. The van der Waals surface area contributed by atoms with Crippen molar-refractivity contribution in [1.29, 1.82) is 0 Å². The number of ether oxygens (including phenoxy) is 1. The van der Waals surface area contributed by atoms with Crippen molar-refractivity contribution in [3.63, 3.8) is 0 Å². The Bertz CT molecular complexity index is 869. The van der Waals surface area contributed by atoms with Crippen molar-refractivity contribution >= 4 is 17.6 Å². The second kappa shape index (κ2) is 8.16. The van der Waals surface area contributed by atoms with E-state index in [0.717, 1.165) is 80.5 Å². The summed E-state index contributed by atoms with van der Waals surface area (Å²) in [6.45, 7) is 2.86. The van der Waals surface area contributed by atoms with Gasteiger partial charge in [0.25, 0.3) is 0 Å². The van der Waals surface area contributed by atoms with Crippen molar-refractivity contribution in [2.24, 2.45) is 5.92 Å². The van der Waals surface area contributed by atoms with E-state index in [4.69, 9.17) is 16.3 Å². The average molecular weight is 403 g/mol. The van der Waals surface area contributed by atoms with Gasteiger partial charge >= 0.3 is 5.97 Å². The van der Waals surface area contributed by atoms with E-state index in [-0.39, 0.29) is 11.8 Å². The van der Waals surface area contributed by atoms with Gasteiger partial charge in [0, 0.05) is 17.8 Å². The highest BCUT2D eigenvalue weighted by Crippen LogP contribution is 2.33. The van der Waals surface area contributed by atoms with E-state index < -0.39 is 5.97 Å². The number of halogens is 1. The highest BCUT2D eigenvalue weighted by Gasteiger charge is 2.27. The molecule has 4 rings (SSSR count). The topological polar surface area (TPSA) is 64.4 Å². The van der Waals surface area contributed by atoms with E-state index in [1.54, 1.807) is 0 Å². The minimum Gasteiger partial charge on any atom is -0.489 e. The van der Waals surface area contributed by atoms with Crippen molar-refractivity contribution in [2.45, 2.75) is 70.9 Å². The molecule has 0 bridgehead atoms. The molecule has 28 heavy (non-hydrogen) atoms. The number of hydrogen-bond acceptors (Lipinski definition) is 3. The third-order valence-electron chi connectivity index (χ3n) is 6.13. The molecule has 150 valence electrons. The molecule has 1 saturated carbocycles. The molecule has 2 aliphatic carbocycles. The lowest BCUT2D eigenvalue weighted by Gasteiger charge is -2.29. The Labute approximate surface area is 170 Å². The van der Waals surface area contributed by atoms with Crippen molar-refractivity contribution < 1.29 is 14.6 Å². The van der Waals surface area contributed by atoms with Crippen LogP contribution in [0, 0.1) is 12.8 Å². The smallest absolute Gasteiger partial charge is 0.356 e. The van der Waals surface area contributed by atoms with Crippen LogP contribution in [0.1, 0.15) is 65.8 Å². The number of fused-ring (bicyclic) bond motifs is 1. The standard InChI is InChI=1S/C22H27ClN2O3/c1-14-5-10-18(23)20(13-14)28-16-8-6-15(7-9-16)11-12-25-19-4-2-3-17(19)21(24-25)22(26)27/h5,10,13,15-16H,2-4,6-9,11-12H2,1H3,(H,26,27). The van der Waals surface area contributed by atoms with Crippen LogP contribution in [-0.2, 0) is 19.4 Å². The molecule has 6 heteroatoms. The van der Waals surface area contributed by atoms with Crippen molar-refractivity contribution in [1.82, 2.24) is 9.78 Å². The summed E-state index contributed by atoms with van der Waals surface area (Å²) >= 11 is 6.26. The van der Waals surface area contributed by atoms with Gasteiger partial charge < -0.3 is 9.84 Å². The van der Waals surface area contributed by atoms with Crippen LogP contribution < -0.4 is 4.74 Å². The minimum atomic E-state index is -0.899. The maximum absolute atomic E-state index is 11.4. The van der Waals surface area contributed by atoms with Crippen LogP contribution in [0.3, 0.4) is 0 Å². The van der Waals surface area contributed by atoms with Crippen LogP contribution in [-0.4, -0.2) is 27.0 Å². The molecule has 5 nitrogen and oxygen atoms in total. The molecule has 2 aromatic rings. The van der Waals surface area contributed by atoms with Crippen LogP contribution in [0.25, 0.3) is 0 Å². The lowest BCUT2D eigenvalue weighted by Crippen LogP contribution is -2.25. The zero-order valence-corrected chi connectivity index (χ0v) is 17.0. The largest absolute Gasteiger partial charge is 0.489 e. The first-order chi connectivity index (χ1) is 13.5. The molecule has 1 N–H and O–H groups in total. The normalized spacial score (nSPS) is 21.5. The fraction of sp³-hybridized carbons (Fsp3) is 0.545. The first-order valence-corrected chi connectivity index (χ1v) is 10.6. The van der Waals surface area contributed by atoms with Gasteiger partial charge in [-0.2, -0.15) is 5.10 Å². The maximum Gasteiger partial charge on any atom is 0.356 e. The number of rotatable bonds is 6. The first-order valence-electron chi connectivity index (χ1n) is 10.3. The molecule has 1 heterocycles. The summed E-state index contributed by atoms with van der Waals surface area (Å²) < 4.78 is 8.11. The van der Waals surface area contributed by atoms with Crippen LogP contribution in [0.15, 0.2) is 18.2 Å². The molecule has 0 unspecified atom stereocenters. The van der Waals surface area contributed by atoms with Crippen molar-refractivity contribution in [3.05, 3.63) is 45.7 Å². The van der Waals surface area contributed by atoms with Crippen LogP contribution in [0.5, 0.6) is 5.75 Å². The number of aromatic carboxylic acids is 1. The van der Waals surface area contributed by atoms with Crippen molar-refractivity contribution in [3.8, 4) is 5.75 Å². The second-order valence-electron chi connectivity index (χ2n) is 8.14. The number of hydrogen-bond donors (Lipinski definition) is 1. The Kier molecular flexibility index (Phi) is 5.63. The number of carboxylic acid groups (broad SMARTS) is 1. The summed E-state index contributed by atoms with van der Waals surface area (Å²) in [5.41, 5.74) is 3.52. The SMILES string of the molecule is Cc1ccc(Cl)c(OC2CCC(CCn3nc(C(=O)O)c4c3CCC4)CC2)c1. The third kappa shape index (κ3) is 4.04. The Morgan fingerprint density at radius 2 is 2.07 bits per heavy atom. The summed E-state index contributed by atoms with van der Waals surface area (Å²) in [6.07, 6.45) is 8.44.